The first kappa shape index (κ1) is 4.37. The minimum absolute atomic E-state index is 0.899. The van der Waals surface area contributed by atoms with Crippen LogP contribution in [0.3, 0.4) is 0 Å². The molecule has 0 saturated carbocycles. The molecule has 0 aromatic rings. The summed E-state index contributed by atoms with van der Waals surface area (Å²) in [6, 6.07) is 0. The van der Waals surface area contributed by atoms with Crippen molar-refractivity contribution < 1.29 is 0 Å². The molecule has 0 spiro atoms. The van der Waals surface area contributed by atoms with Crippen molar-refractivity contribution in [3.05, 3.63) is 12.4 Å². The molecule has 0 atom stereocenters. The summed E-state index contributed by atoms with van der Waals surface area (Å²) in [5.41, 5.74) is 1.14. The fourth-order valence-corrected chi connectivity index (χ4v) is 0.469. The van der Waals surface area contributed by atoms with Crippen LogP contribution in [0.5, 0.6) is 0 Å². The molecular weight excluding hydrogens is 88.1 g/mol. The zero-order valence-corrected chi connectivity index (χ0v) is 4.31. The topological polar surface area (TPSA) is 24.4 Å². The van der Waals surface area contributed by atoms with E-state index in [1.807, 2.05) is 13.1 Å². The molecule has 2 nitrogen and oxygen atoms in total. The van der Waals surface area contributed by atoms with Gasteiger partial charge in [0.25, 0.3) is 0 Å². The molecule has 0 aromatic heterocycles. The predicted molar refractivity (Wildman–Crippen MR) is 30.3 cm³/mol. The highest BCUT2D eigenvalue weighted by Crippen LogP contribution is 1.82. The summed E-state index contributed by atoms with van der Waals surface area (Å²) < 4.78 is 0. The van der Waals surface area contributed by atoms with E-state index in [4.69, 9.17) is 0 Å². The van der Waals surface area contributed by atoms with Gasteiger partial charge >= 0.3 is 0 Å². The third kappa shape index (κ3) is 1.03. The third-order valence-corrected chi connectivity index (χ3v) is 0.845. The second-order valence-electron chi connectivity index (χ2n) is 1.56. The number of hydrogen-bond donors (Lipinski definition) is 1. The molecule has 0 amide bonds. The van der Waals surface area contributed by atoms with E-state index in [0.29, 0.717) is 0 Å². The quantitative estimate of drug-likeness (QED) is 0.467. The monoisotopic (exact) mass is 96.1 g/mol. The normalized spacial score (nSPS) is 18.1. The van der Waals surface area contributed by atoms with Gasteiger partial charge in [0, 0.05) is 18.1 Å². The second kappa shape index (κ2) is 1.78. The molecular formula is C5H8N2. The Kier molecular flexibility index (Phi) is 1.11. The van der Waals surface area contributed by atoms with Gasteiger partial charge in [-0.1, -0.05) is 0 Å². The van der Waals surface area contributed by atoms with Gasteiger partial charge in [-0.05, 0) is 6.92 Å². The first-order chi connectivity index (χ1) is 3.39. The van der Waals surface area contributed by atoms with Crippen molar-refractivity contribution >= 4 is 5.71 Å². The predicted octanol–water partition coefficient (Wildman–Crippen LogP) is 0.522. The number of nitrogens with one attached hydrogen (secondary N) is 1. The highest BCUT2D eigenvalue weighted by molar-refractivity contribution is 5.85. The molecule has 7 heavy (non-hydrogen) atoms. The lowest BCUT2D eigenvalue weighted by Gasteiger charge is -2.01. The smallest absolute Gasteiger partial charge is 0.0526 e. The number of hydrogen-bond acceptors (Lipinski definition) is 2. The van der Waals surface area contributed by atoms with Crippen LogP contribution in [0.1, 0.15) is 6.92 Å². The lowest BCUT2D eigenvalue weighted by molar-refractivity contribution is 0.984. The Morgan fingerprint density at radius 2 is 2.71 bits per heavy atom. The summed E-state index contributed by atoms with van der Waals surface area (Å²) in [7, 11) is 0. The number of rotatable bonds is 0. The van der Waals surface area contributed by atoms with Gasteiger partial charge < -0.3 is 5.32 Å². The molecule has 0 radical (unpaired) electrons. The van der Waals surface area contributed by atoms with Crippen LogP contribution in [0, 0.1) is 0 Å². The summed E-state index contributed by atoms with van der Waals surface area (Å²) in [6.45, 7) is 2.90. The summed E-state index contributed by atoms with van der Waals surface area (Å²) in [5.74, 6) is 0. The number of nitrogens with zero attached hydrogens (tertiary/aromatic N) is 1. The summed E-state index contributed by atoms with van der Waals surface area (Å²) in [4.78, 5) is 4.00. The van der Waals surface area contributed by atoms with E-state index in [-0.39, 0.29) is 0 Å². The van der Waals surface area contributed by atoms with Crippen LogP contribution in [0.25, 0.3) is 0 Å². The van der Waals surface area contributed by atoms with Crippen LogP contribution >= 0.6 is 0 Å². The van der Waals surface area contributed by atoms with Crippen molar-refractivity contribution in [3.63, 3.8) is 0 Å². The average molecular weight is 96.1 g/mol. The van der Waals surface area contributed by atoms with Gasteiger partial charge in [-0.3, -0.25) is 4.99 Å². The zero-order valence-electron chi connectivity index (χ0n) is 4.31. The molecule has 0 aliphatic carbocycles. The standard InChI is InChI=1S/C5H8N2/c1-5-4-6-2-3-7-5/h2-3,6H,4H2,1H3. The number of aliphatic imine (C=N–C) groups is 1. The van der Waals surface area contributed by atoms with Crippen molar-refractivity contribution in [1.82, 2.24) is 5.32 Å². The van der Waals surface area contributed by atoms with Crippen LogP contribution in [-0.2, 0) is 0 Å². The van der Waals surface area contributed by atoms with Gasteiger partial charge in [0.05, 0.1) is 6.54 Å². The SMILES string of the molecule is CC1=NC=CNC1. The molecule has 38 valence electrons. The van der Waals surface area contributed by atoms with Crippen molar-refractivity contribution in [1.29, 1.82) is 0 Å². The Morgan fingerprint density at radius 3 is 3.00 bits per heavy atom. The first-order valence-electron chi connectivity index (χ1n) is 2.31. The summed E-state index contributed by atoms with van der Waals surface area (Å²) >= 11 is 0. The van der Waals surface area contributed by atoms with E-state index in [1.165, 1.54) is 0 Å². The lowest BCUT2D eigenvalue weighted by atomic mass is 10.4. The Hall–Kier alpha value is -0.790. The van der Waals surface area contributed by atoms with Crippen molar-refractivity contribution in [2.75, 3.05) is 6.54 Å². The van der Waals surface area contributed by atoms with Crippen molar-refractivity contribution in [2.24, 2.45) is 4.99 Å². The maximum Gasteiger partial charge on any atom is 0.0526 e. The maximum atomic E-state index is 4.00. The van der Waals surface area contributed by atoms with E-state index in [0.717, 1.165) is 12.3 Å². The second-order valence-corrected chi connectivity index (χ2v) is 1.56. The Morgan fingerprint density at radius 1 is 1.86 bits per heavy atom. The van der Waals surface area contributed by atoms with E-state index >= 15 is 0 Å². The first-order valence-corrected chi connectivity index (χ1v) is 2.31. The molecule has 1 N–H and O–H groups in total. The van der Waals surface area contributed by atoms with Crippen LogP contribution in [0.2, 0.25) is 0 Å². The van der Waals surface area contributed by atoms with E-state index in [1.54, 1.807) is 6.20 Å². The molecule has 1 rings (SSSR count). The van der Waals surface area contributed by atoms with Gasteiger partial charge in [-0.25, -0.2) is 0 Å². The van der Waals surface area contributed by atoms with Crippen LogP contribution in [0.15, 0.2) is 17.4 Å². The Labute approximate surface area is 42.9 Å². The lowest BCUT2D eigenvalue weighted by Crippen LogP contribution is -2.17. The van der Waals surface area contributed by atoms with Gasteiger partial charge in [-0.2, -0.15) is 0 Å². The minimum atomic E-state index is 0.899. The van der Waals surface area contributed by atoms with Gasteiger partial charge in [0.1, 0.15) is 0 Å². The van der Waals surface area contributed by atoms with Gasteiger partial charge in [0.15, 0.2) is 0 Å². The van der Waals surface area contributed by atoms with Crippen molar-refractivity contribution in [3.8, 4) is 0 Å². The molecule has 1 heterocycles. The van der Waals surface area contributed by atoms with Gasteiger partial charge in [0.2, 0.25) is 0 Å². The van der Waals surface area contributed by atoms with E-state index in [9.17, 15) is 0 Å². The van der Waals surface area contributed by atoms with Crippen LogP contribution in [-0.4, -0.2) is 12.3 Å². The minimum Gasteiger partial charge on any atom is -0.384 e. The molecule has 2 heteroatoms. The molecule has 1 aliphatic heterocycles. The van der Waals surface area contributed by atoms with Crippen LogP contribution in [0.4, 0.5) is 0 Å². The fourth-order valence-electron chi connectivity index (χ4n) is 0.469. The zero-order chi connectivity index (χ0) is 5.11. The average Bonchev–Trinajstić information content (AvgIpc) is 1.69. The van der Waals surface area contributed by atoms with Crippen LogP contribution < -0.4 is 5.32 Å². The molecule has 0 fully saturated rings. The Bertz CT molecular complexity index is 113. The third-order valence-electron chi connectivity index (χ3n) is 0.845. The maximum absolute atomic E-state index is 4.00. The summed E-state index contributed by atoms with van der Waals surface area (Å²) in [6.07, 6.45) is 3.60. The summed E-state index contributed by atoms with van der Waals surface area (Å²) in [5, 5.41) is 3.02. The fraction of sp³-hybridized carbons (Fsp3) is 0.400. The molecule has 0 saturated heterocycles. The Balaban J connectivity index is 2.57. The molecule has 1 aliphatic rings. The van der Waals surface area contributed by atoms with Gasteiger partial charge in [-0.15, -0.1) is 0 Å². The molecule has 0 unspecified atom stereocenters. The molecule has 0 bridgehead atoms. The van der Waals surface area contributed by atoms with E-state index in [2.05, 4.69) is 10.3 Å². The largest absolute Gasteiger partial charge is 0.384 e. The van der Waals surface area contributed by atoms with Crippen molar-refractivity contribution in [2.45, 2.75) is 6.92 Å². The highest BCUT2D eigenvalue weighted by Gasteiger charge is 1.88. The highest BCUT2D eigenvalue weighted by atomic mass is 14.9. The molecule has 0 aromatic carbocycles. The van der Waals surface area contributed by atoms with E-state index < -0.39 is 0 Å².